The van der Waals surface area contributed by atoms with Crippen molar-refractivity contribution in [2.24, 2.45) is 0 Å². The third kappa shape index (κ3) is 3.37. The summed E-state index contributed by atoms with van der Waals surface area (Å²) in [5.41, 5.74) is 0.533. The third-order valence-corrected chi connectivity index (χ3v) is 5.15. The summed E-state index contributed by atoms with van der Waals surface area (Å²) in [6.07, 6.45) is 0. The molecule has 2 aromatic carbocycles. The molecule has 1 atom stereocenters. The van der Waals surface area contributed by atoms with E-state index in [1.54, 1.807) is 36.4 Å². The average Bonchev–Trinajstić information content (AvgIpc) is 3.22. The molecule has 0 saturated heterocycles. The summed E-state index contributed by atoms with van der Waals surface area (Å²) < 4.78 is 13.3. The molecule has 2 aromatic heterocycles. The average molecular weight is 379 g/mol. The first-order chi connectivity index (χ1) is 13.1. The quantitative estimate of drug-likeness (QED) is 0.568. The molecular formula is C20H14FN3O2S. The molecule has 0 saturated carbocycles. The van der Waals surface area contributed by atoms with Gasteiger partial charge in [0.1, 0.15) is 5.82 Å². The third-order valence-electron chi connectivity index (χ3n) is 4.22. The lowest BCUT2D eigenvalue weighted by Crippen LogP contribution is -2.30. The van der Waals surface area contributed by atoms with Crippen LogP contribution in [0.2, 0.25) is 0 Å². The van der Waals surface area contributed by atoms with E-state index in [4.69, 9.17) is 0 Å². The SMILES string of the molecule is O=C(N[C@H](c1ccc(F)cc1)c1cccs1)c1n[nH]c(=O)c2ccccc12. The van der Waals surface area contributed by atoms with E-state index in [-0.39, 0.29) is 17.1 Å². The summed E-state index contributed by atoms with van der Waals surface area (Å²) in [4.78, 5) is 25.8. The molecule has 5 nitrogen and oxygen atoms in total. The molecule has 134 valence electrons. The van der Waals surface area contributed by atoms with Crippen LogP contribution in [0.5, 0.6) is 0 Å². The summed E-state index contributed by atoms with van der Waals surface area (Å²) in [5, 5.41) is 12.0. The van der Waals surface area contributed by atoms with Crippen LogP contribution in [0.25, 0.3) is 10.8 Å². The van der Waals surface area contributed by atoms with Crippen molar-refractivity contribution in [1.29, 1.82) is 0 Å². The molecular weight excluding hydrogens is 365 g/mol. The molecule has 2 N–H and O–H groups in total. The minimum absolute atomic E-state index is 0.133. The minimum Gasteiger partial charge on any atom is -0.339 e. The van der Waals surface area contributed by atoms with Gasteiger partial charge in [-0.05, 0) is 35.2 Å². The fraction of sp³-hybridized carbons (Fsp3) is 0.0500. The predicted octanol–water partition coefficient (Wildman–Crippen LogP) is 3.64. The van der Waals surface area contributed by atoms with E-state index in [1.165, 1.54) is 23.5 Å². The van der Waals surface area contributed by atoms with Gasteiger partial charge in [0.25, 0.3) is 11.5 Å². The molecule has 27 heavy (non-hydrogen) atoms. The molecule has 0 aliphatic rings. The molecule has 0 aliphatic carbocycles. The van der Waals surface area contributed by atoms with Crippen molar-refractivity contribution in [2.45, 2.75) is 6.04 Å². The number of benzene rings is 2. The Balaban J connectivity index is 1.74. The van der Waals surface area contributed by atoms with Gasteiger partial charge in [-0.2, -0.15) is 5.10 Å². The Morgan fingerprint density at radius 2 is 1.78 bits per heavy atom. The highest BCUT2D eigenvalue weighted by Gasteiger charge is 2.21. The fourth-order valence-electron chi connectivity index (χ4n) is 2.92. The van der Waals surface area contributed by atoms with Crippen molar-refractivity contribution >= 4 is 28.0 Å². The largest absolute Gasteiger partial charge is 0.339 e. The molecule has 0 bridgehead atoms. The molecule has 0 unspecified atom stereocenters. The van der Waals surface area contributed by atoms with Crippen LogP contribution in [0.15, 0.2) is 70.8 Å². The summed E-state index contributed by atoms with van der Waals surface area (Å²) in [6.45, 7) is 0. The lowest BCUT2D eigenvalue weighted by Gasteiger charge is -2.18. The lowest BCUT2D eigenvalue weighted by atomic mass is 10.0. The molecule has 0 spiro atoms. The topological polar surface area (TPSA) is 74.8 Å². The van der Waals surface area contributed by atoms with Crippen molar-refractivity contribution in [3.8, 4) is 0 Å². The van der Waals surface area contributed by atoms with E-state index < -0.39 is 11.9 Å². The first-order valence-corrected chi connectivity index (χ1v) is 9.08. The smallest absolute Gasteiger partial charge is 0.273 e. The zero-order chi connectivity index (χ0) is 18.8. The highest BCUT2D eigenvalue weighted by atomic mass is 32.1. The van der Waals surface area contributed by atoms with Crippen molar-refractivity contribution in [3.05, 3.63) is 98.3 Å². The van der Waals surface area contributed by atoms with Gasteiger partial charge < -0.3 is 5.32 Å². The maximum absolute atomic E-state index is 13.3. The summed E-state index contributed by atoms with van der Waals surface area (Å²) in [6, 6.07) is 16.1. The molecule has 4 rings (SSSR count). The fourth-order valence-corrected chi connectivity index (χ4v) is 3.72. The van der Waals surface area contributed by atoms with Crippen LogP contribution in [-0.4, -0.2) is 16.1 Å². The van der Waals surface area contributed by atoms with Gasteiger partial charge in [-0.15, -0.1) is 11.3 Å². The van der Waals surface area contributed by atoms with E-state index in [0.717, 1.165) is 10.4 Å². The predicted molar refractivity (Wildman–Crippen MR) is 102 cm³/mol. The van der Waals surface area contributed by atoms with Crippen molar-refractivity contribution < 1.29 is 9.18 Å². The number of thiophene rings is 1. The number of nitrogens with one attached hydrogen (secondary N) is 2. The van der Waals surface area contributed by atoms with E-state index >= 15 is 0 Å². The number of fused-ring (bicyclic) bond motifs is 1. The first-order valence-electron chi connectivity index (χ1n) is 8.20. The first kappa shape index (κ1) is 17.1. The molecule has 0 radical (unpaired) electrons. The van der Waals surface area contributed by atoms with Crippen LogP contribution in [-0.2, 0) is 0 Å². The van der Waals surface area contributed by atoms with Gasteiger partial charge >= 0.3 is 0 Å². The van der Waals surface area contributed by atoms with Crippen LogP contribution in [0.1, 0.15) is 27.0 Å². The molecule has 0 aliphatic heterocycles. The number of hydrogen-bond acceptors (Lipinski definition) is 4. The van der Waals surface area contributed by atoms with Crippen molar-refractivity contribution in [1.82, 2.24) is 15.5 Å². The minimum atomic E-state index is -0.453. The van der Waals surface area contributed by atoms with Gasteiger partial charge in [0, 0.05) is 10.3 Å². The number of halogens is 1. The van der Waals surface area contributed by atoms with Crippen LogP contribution in [0, 0.1) is 5.82 Å². The summed E-state index contributed by atoms with van der Waals surface area (Å²) in [5.74, 6) is -0.770. The van der Waals surface area contributed by atoms with Crippen LogP contribution in [0.3, 0.4) is 0 Å². The second-order valence-electron chi connectivity index (χ2n) is 5.92. The Kier molecular flexibility index (Phi) is 4.52. The number of carbonyl (C=O) groups excluding carboxylic acids is 1. The Labute approximate surface area is 157 Å². The number of nitrogens with zero attached hydrogens (tertiary/aromatic N) is 1. The van der Waals surface area contributed by atoms with Gasteiger partial charge in [-0.3, -0.25) is 9.59 Å². The summed E-state index contributed by atoms with van der Waals surface area (Å²) >= 11 is 1.49. The maximum atomic E-state index is 13.3. The Hall–Kier alpha value is -3.32. The zero-order valence-electron chi connectivity index (χ0n) is 14.0. The number of aromatic nitrogens is 2. The van der Waals surface area contributed by atoms with E-state index in [1.807, 2.05) is 17.5 Å². The van der Waals surface area contributed by atoms with Crippen molar-refractivity contribution in [2.75, 3.05) is 0 Å². The zero-order valence-corrected chi connectivity index (χ0v) is 14.8. The van der Waals surface area contributed by atoms with Gasteiger partial charge in [0.15, 0.2) is 5.69 Å². The molecule has 1 amide bonds. The maximum Gasteiger partial charge on any atom is 0.273 e. The van der Waals surface area contributed by atoms with E-state index in [9.17, 15) is 14.0 Å². The van der Waals surface area contributed by atoms with Crippen LogP contribution >= 0.6 is 11.3 Å². The van der Waals surface area contributed by atoms with Gasteiger partial charge in [-0.25, -0.2) is 9.49 Å². The Morgan fingerprint density at radius 3 is 2.48 bits per heavy atom. The second-order valence-corrected chi connectivity index (χ2v) is 6.90. The lowest BCUT2D eigenvalue weighted by molar-refractivity contribution is 0.0939. The monoisotopic (exact) mass is 379 g/mol. The van der Waals surface area contributed by atoms with Gasteiger partial charge in [-0.1, -0.05) is 36.4 Å². The van der Waals surface area contributed by atoms with Crippen molar-refractivity contribution in [3.63, 3.8) is 0 Å². The highest BCUT2D eigenvalue weighted by molar-refractivity contribution is 7.10. The second kappa shape index (κ2) is 7.13. The summed E-state index contributed by atoms with van der Waals surface area (Å²) in [7, 11) is 0. The standard InChI is InChI=1S/C20H14FN3O2S/c21-13-9-7-12(8-10-13)17(16-6-3-11-27-16)22-20(26)18-14-4-1-2-5-15(14)19(25)24-23-18/h1-11,17H,(H,22,26)(H,24,25)/t17-/m1/s1. The van der Waals surface area contributed by atoms with Gasteiger partial charge in [0.05, 0.1) is 11.4 Å². The Bertz CT molecular complexity index is 1150. The highest BCUT2D eigenvalue weighted by Crippen LogP contribution is 2.27. The number of aromatic amines is 1. The van der Waals surface area contributed by atoms with Crippen LogP contribution < -0.4 is 10.9 Å². The van der Waals surface area contributed by atoms with Gasteiger partial charge in [0.2, 0.25) is 0 Å². The molecule has 4 aromatic rings. The van der Waals surface area contributed by atoms with E-state index in [0.29, 0.717) is 10.8 Å². The normalized spacial score (nSPS) is 12.0. The molecule has 7 heteroatoms. The Morgan fingerprint density at radius 1 is 1.04 bits per heavy atom. The number of H-pyrrole nitrogens is 1. The molecule has 2 heterocycles. The number of amides is 1. The number of hydrogen-bond donors (Lipinski definition) is 2. The number of rotatable bonds is 4. The molecule has 0 fully saturated rings. The van der Waals surface area contributed by atoms with Crippen LogP contribution in [0.4, 0.5) is 4.39 Å². The van der Waals surface area contributed by atoms with E-state index in [2.05, 4.69) is 15.5 Å². The number of carbonyl (C=O) groups is 1.